The van der Waals surface area contributed by atoms with Crippen LogP contribution >= 0.6 is 0 Å². The van der Waals surface area contributed by atoms with E-state index in [0.717, 1.165) is 24.5 Å². The summed E-state index contributed by atoms with van der Waals surface area (Å²) in [6, 6.07) is 4.41. The highest BCUT2D eigenvalue weighted by Crippen LogP contribution is 2.41. The third-order valence-corrected chi connectivity index (χ3v) is 3.82. The van der Waals surface area contributed by atoms with Crippen LogP contribution in [-0.4, -0.2) is 19.7 Å². The quantitative estimate of drug-likeness (QED) is 0.807. The number of aromatic nitrogens is 4. The molecule has 3 aromatic rings. The Labute approximate surface area is 124 Å². The molecule has 2 heterocycles. The molecule has 0 saturated heterocycles. The van der Waals surface area contributed by atoms with Gasteiger partial charge in [-0.05, 0) is 18.9 Å². The van der Waals surface area contributed by atoms with Crippen molar-refractivity contribution in [3.8, 4) is 11.4 Å². The number of benzene rings is 1. The van der Waals surface area contributed by atoms with Crippen LogP contribution < -0.4 is 5.73 Å². The minimum atomic E-state index is -0.894. The van der Waals surface area contributed by atoms with Gasteiger partial charge in [0.2, 0.25) is 0 Å². The van der Waals surface area contributed by atoms with Gasteiger partial charge in [0.25, 0.3) is 0 Å². The minimum absolute atomic E-state index is 0.263. The molecule has 22 heavy (non-hydrogen) atoms. The van der Waals surface area contributed by atoms with E-state index in [4.69, 9.17) is 5.73 Å². The number of hydrogen-bond donors (Lipinski definition) is 1. The number of imidazole rings is 1. The van der Waals surface area contributed by atoms with Gasteiger partial charge in [-0.3, -0.25) is 0 Å². The molecular weight excluding hydrogens is 288 g/mol. The molecule has 1 aliphatic carbocycles. The smallest absolute Gasteiger partial charge is 0.161 e. The number of fused-ring (bicyclic) bond motifs is 1. The zero-order valence-corrected chi connectivity index (χ0v) is 11.6. The largest absolute Gasteiger partial charge is 0.325 e. The van der Waals surface area contributed by atoms with E-state index in [1.54, 1.807) is 12.3 Å². The number of halogens is 2. The Morgan fingerprint density at radius 2 is 1.95 bits per heavy atom. The Kier molecular flexibility index (Phi) is 2.90. The van der Waals surface area contributed by atoms with Crippen molar-refractivity contribution in [3.63, 3.8) is 0 Å². The first-order valence-electron chi connectivity index (χ1n) is 7.06. The first-order valence-corrected chi connectivity index (χ1v) is 7.06. The highest BCUT2D eigenvalue weighted by Gasteiger charge is 2.29. The lowest BCUT2D eigenvalue weighted by molar-refractivity contribution is 0.510. The number of rotatable bonds is 3. The fourth-order valence-electron chi connectivity index (χ4n) is 2.63. The highest BCUT2D eigenvalue weighted by molar-refractivity contribution is 5.81. The Hall–Kier alpha value is -2.41. The SMILES string of the molecule is NCc1cc(-c2nc3cc(F)c(F)cc3n2C2CC2)cnn1. The predicted molar refractivity (Wildman–Crippen MR) is 76.8 cm³/mol. The molecule has 1 aromatic carbocycles. The van der Waals surface area contributed by atoms with E-state index in [1.165, 1.54) is 6.07 Å². The fraction of sp³-hybridized carbons (Fsp3) is 0.267. The Morgan fingerprint density at radius 1 is 1.18 bits per heavy atom. The van der Waals surface area contributed by atoms with E-state index in [2.05, 4.69) is 15.2 Å². The number of nitrogens with two attached hydrogens (primary N) is 1. The third-order valence-electron chi connectivity index (χ3n) is 3.82. The van der Waals surface area contributed by atoms with Gasteiger partial charge in [-0.25, -0.2) is 13.8 Å². The van der Waals surface area contributed by atoms with Gasteiger partial charge in [0.1, 0.15) is 5.82 Å². The molecule has 2 N–H and O–H groups in total. The number of hydrogen-bond acceptors (Lipinski definition) is 4. The standard InChI is InChI=1S/C15H13F2N5/c16-11-4-13-14(5-12(11)17)22(10-1-2-10)15(20-13)8-3-9(6-18)21-19-7-8/h3-5,7,10H,1-2,6,18H2. The summed E-state index contributed by atoms with van der Waals surface area (Å²) < 4.78 is 29.0. The molecule has 4 rings (SSSR count). The summed E-state index contributed by atoms with van der Waals surface area (Å²) in [6.45, 7) is 0.272. The summed E-state index contributed by atoms with van der Waals surface area (Å²) in [4.78, 5) is 4.47. The molecule has 5 nitrogen and oxygen atoms in total. The average Bonchev–Trinajstić information content (AvgIpc) is 3.30. The lowest BCUT2D eigenvalue weighted by Gasteiger charge is -2.08. The lowest BCUT2D eigenvalue weighted by atomic mass is 10.2. The van der Waals surface area contributed by atoms with Crippen molar-refractivity contribution in [2.24, 2.45) is 5.73 Å². The minimum Gasteiger partial charge on any atom is -0.325 e. The van der Waals surface area contributed by atoms with Gasteiger partial charge >= 0.3 is 0 Å². The van der Waals surface area contributed by atoms with Gasteiger partial charge < -0.3 is 10.3 Å². The first kappa shape index (κ1) is 13.3. The molecule has 0 radical (unpaired) electrons. The molecule has 0 aliphatic heterocycles. The van der Waals surface area contributed by atoms with Crippen molar-refractivity contribution in [2.75, 3.05) is 0 Å². The summed E-state index contributed by atoms with van der Waals surface area (Å²) in [7, 11) is 0. The van der Waals surface area contributed by atoms with Crippen molar-refractivity contribution < 1.29 is 8.78 Å². The lowest BCUT2D eigenvalue weighted by Crippen LogP contribution is -2.03. The molecule has 1 fully saturated rings. The Balaban J connectivity index is 1.98. The van der Waals surface area contributed by atoms with Crippen molar-refractivity contribution >= 4 is 11.0 Å². The van der Waals surface area contributed by atoms with Gasteiger partial charge in [-0.2, -0.15) is 10.2 Å². The molecule has 7 heteroatoms. The van der Waals surface area contributed by atoms with Crippen molar-refractivity contribution in [3.05, 3.63) is 41.7 Å². The van der Waals surface area contributed by atoms with Crippen LogP contribution in [0, 0.1) is 11.6 Å². The van der Waals surface area contributed by atoms with Crippen LogP contribution in [-0.2, 0) is 6.54 Å². The van der Waals surface area contributed by atoms with Crippen LogP contribution in [0.15, 0.2) is 24.4 Å². The normalized spacial score (nSPS) is 14.7. The molecule has 2 aromatic heterocycles. The van der Waals surface area contributed by atoms with E-state index in [-0.39, 0.29) is 12.6 Å². The molecule has 0 unspecified atom stereocenters. The van der Waals surface area contributed by atoms with Crippen LogP contribution in [0.1, 0.15) is 24.6 Å². The average molecular weight is 301 g/mol. The maximum Gasteiger partial charge on any atom is 0.161 e. The van der Waals surface area contributed by atoms with Crippen molar-refractivity contribution in [1.29, 1.82) is 0 Å². The van der Waals surface area contributed by atoms with Crippen LogP contribution in [0.3, 0.4) is 0 Å². The van der Waals surface area contributed by atoms with Gasteiger partial charge in [0.05, 0.1) is 22.9 Å². The van der Waals surface area contributed by atoms with Crippen LogP contribution in [0.4, 0.5) is 8.78 Å². The second-order valence-electron chi connectivity index (χ2n) is 5.43. The van der Waals surface area contributed by atoms with Crippen LogP contribution in [0.2, 0.25) is 0 Å². The fourth-order valence-corrected chi connectivity index (χ4v) is 2.63. The summed E-state index contributed by atoms with van der Waals surface area (Å²) in [5.74, 6) is -1.11. The van der Waals surface area contributed by atoms with Gasteiger partial charge in [0, 0.05) is 30.3 Å². The van der Waals surface area contributed by atoms with Crippen LogP contribution in [0.25, 0.3) is 22.4 Å². The molecule has 0 spiro atoms. The second kappa shape index (κ2) is 4.81. The Morgan fingerprint density at radius 3 is 2.68 bits per heavy atom. The zero-order chi connectivity index (χ0) is 15.3. The summed E-state index contributed by atoms with van der Waals surface area (Å²) in [5.41, 5.74) is 8.02. The van der Waals surface area contributed by atoms with Gasteiger partial charge in [-0.15, -0.1) is 0 Å². The molecule has 1 saturated carbocycles. The van der Waals surface area contributed by atoms with E-state index < -0.39 is 11.6 Å². The first-order chi connectivity index (χ1) is 10.7. The molecule has 0 amide bonds. The molecule has 0 bridgehead atoms. The van der Waals surface area contributed by atoms with Gasteiger partial charge in [0.15, 0.2) is 11.6 Å². The Bertz CT molecular complexity index is 870. The molecule has 0 atom stereocenters. The zero-order valence-electron chi connectivity index (χ0n) is 11.6. The topological polar surface area (TPSA) is 69.6 Å². The van der Waals surface area contributed by atoms with E-state index in [1.807, 2.05) is 4.57 Å². The summed E-state index contributed by atoms with van der Waals surface area (Å²) >= 11 is 0. The molecule has 112 valence electrons. The van der Waals surface area contributed by atoms with E-state index in [9.17, 15) is 8.78 Å². The predicted octanol–water partition coefficient (Wildman–Crippen LogP) is 2.57. The second-order valence-corrected chi connectivity index (χ2v) is 5.43. The summed E-state index contributed by atoms with van der Waals surface area (Å²) in [5, 5.41) is 7.85. The third kappa shape index (κ3) is 2.05. The van der Waals surface area contributed by atoms with Crippen molar-refractivity contribution in [1.82, 2.24) is 19.7 Å². The highest BCUT2D eigenvalue weighted by atomic mass is 19.2. The van der Waals surface area contributed by atoms with Gasteiger partial charge in [-0.1, -0.05) is 0 Å². The maximum atomic E-state index is 13.6. The molecule has 1 aliphatic rings. The summed E-state index contributed by atoms with van der Waals surface area (Å²) in [6.07, 6.45) is 3.59. The molecular formula is C15H13F2N5. The number of nitrogens with zero attached hydrogens (tertiary/aromatic N) is 4. The van der Waals surface area contributed by atoms with Crippen molar-refractivity contribution in [2.45, 2.75) is 25.4 Å². The van der Waals surface area contributed by atoms with E-state index >= 15 is 0 Å². The monoisotopic (exact) mass is 301 g/mol. The maximum absolute atomic E-state index is 13.6. The van der Waals surface area contributed by atoms with E-state index in [0.29, 0.717) is 22.6 Å². The van der Waals surface area contributed by atoms with Crippen LogP contribution in [0.5, 0.6) is 0 Å².